The van der Waals surface area contributed by atoms with E-state index in [0.717, 1.165) is 11.1 Å². The summed E-state index contributed by atoms with van der Waals surface area (Å²) < 4.78 is 25.9. The van der Waals surface area contributed by atoms with Gasteiger partial charge in [-0.1, -0.05) is 13.0 Å². The van der Waals surface area contributed by atoms with Crippen molar-refractivity contribution in [2.45, 2.75) is 32.1 Å². The molecule has 0 unspecified atom stereocenters. The van der Waals surface area contributed by atoms with Gasteiger partial charge in [0.25, 0.3) is 0 Å². The van der Waals surface area contributed by atoms with Gasteiger partial charge in [-0.2, -0.15) is 4.31 Å². The normalized spacial score (nSPS) is 11.8. The number of aliphatic carboxylic acids is 1. The largest absolute Gasteiger partial charge is 0.481 e. The number of hydrogen-bond donors (Lipinski definition) is 1. The molecule has 0 atom stereocenters. The smallest absolute Gasteiger partial charge is 0.304 e. The molecule has 0 aliphatic rings. The number of sulfonamides is 1. The molecular formula is C13H19NO4S. The minimum Gasteiger partial charge on any atom is -0.481 e. The fourth-order valence-corrected chi connectivity index (χ4v) is 3.23. The van der Waals surface area contributed by atoms with Crippen molar-refractivity contribution in [2.75, 3.05) is 13.1 Å². The summed E-state index contributed by atoms with van der Waals surface area (Å²) in [7, 11) is -3.62. The molecule has 0 bridgehead atoms. The lowest BCUT2D eigenvalue weighted by atomic mass is 10.1. The summed E-state index contributed by atoms with van der Waals surface area (Å²) in [6, 6.07) is 4.93. The molecule has 1 aromatic rings. The van der Waals surface area contributed by atoms with Crippen LogP contribution in [0.2, 0.25) is 0 Å². The van der Waals surface area contributed by atoms with Gasteiger partial charge in [0, 0.05) is 13.1 Å². The second-order valence-electron chi connectivity index (χ2n) is 4.39. The molecule has 0 aliphatic carbocycles. The number of hydrogen-bond acceptors (Lipinski definition) is 3. The standard InChI is InChI=1S/C13H19NO4S/c1-4-14(8-7-13(15)16)19(17,18)12-6-5-10(2)11(3)9-12/h5-6,9H,4,7-8H2,1-3H3,(H,15,16). The lowest BCUT2D eigenvalue weighted by Crippen LogP contribution is -2.33. The Bertz CT molecular complexity index is 566. The highest BCUT2D eigenvalue weighted by molar-refractivity contribution is 7.89. The minimum atomic E-state index is -3.62. The zero-order chi connectivity index (χ0) is 14.6. The molecule has 1 rings (SSSR count). The van der Waals surface area contributed by atoms with E-state index in [1.54, 1.807) is 25.1 Å². The molecule has 1 N–H and O–H groups in total. The van der Waals surface area contributed by atoms with Gasteiger partial charge in [-0.25, -0.2) is 8.42 Å². The zero-order valence-corrected chi connectivity index (χ0v) is 12.2. The van der Waals surface area contributed by atoms with Crippen molar-refractivity contribution in [3.05, 3.63) is 29.3 Å². The van der Waals surface area contributed by atoms with E-state index < -0.39 is 16.0 Å². The first-order chi connectivity index (χ1) is 8.78. The highest BCUT2D eigenvalue weighted by atomic mass is 32.2. The molecule has 0 amide bonds. The molecule has 0 radical (unpaired) electrons. The monoisotopic (exact) mass is 285 g/mol. The van der Waals surface area contributed by atoms with Gasteiger partial charge >= 0.3 is 5.97 Å². The Morgan fingerprint density at radius 3 is 2.37 bits per heavy atom. The van der Waals surface area contributed by atoms with Gasteiger partial charge in [0.2, 0.25) is 10.0 Å². The number of carboxylic acids is 1. The predicted molar refractivity (Wildman–Crippen MR) is 72.6 cm³/mol. The Kier molecular flexibility index (Phi) is 5.08. The van der Waals surface area contributed by atoms with Crippen LogP contribution in [0.25, 0.3) is 0 Å². The topological polar surface area (TPSA) is 74.7 Å². The summed E-state index contributed by atoms with van der Waals surface area (Å²) in [5.74, 6) is -1.01. The second kappa shape index (κ2) is 6.16. The van der Waals surface area contributed by atoms with Crippen molar-refractivity contribution in [2.24, 2.45) is 0 Å². The van der Waals surface area contributed by atoms with Crippen molar-refractivity contribution in [3.63, 3.8) is 0 Å². The maximum atomic E-state index is 12.4. The number of carbonyl (C=O) groups is 1. The molecule has 1 aromatic carbocycles. The minimum absolute atomic E-state index is 0.0128. The molecule has 106 valence electrons. The average molecular weight is 285 g/mol. The van der Waals surface area contributed by atoms with Crippen molar-refractivity contribution >= 4 is 16.0 Å². The fraction of sp³-hybridized carbons (Fsp3) is 0.462. The molecule has 19 heavy (non-hydrogen) atoms. The van der Waals surface area contributed by atoms with E-state index >= 15 is 0 Å². The van der Waals surface area contributed by atoms with E-state index in [1.165, 1.54) is 4.31 Å². The molecule has 0 aliphatic heterocycles. The lowest BCUT2D eigenvalue weighted by Gasteiger charge is -2.20. The van der Waals surface area contributed by atoms with Gasteiger partial charge in [-0.05, 0) is 37.1 Å². The molecule has 0 aromatic heterocycles. The maximum absolute atomic E-state index is 12.4. The van der Waals surface area contributed by atoms with E-state index in [4.69, 9.17) is 5.11 Å². The van der Waals surface area contributed by atoms with Gasteiger partial charge in [0.05, 0.1) is 11.3 Å². The van der Waals surface area contributed by atoms with Crippen LogP contribution in [0.3, 0.4) is 0 Å². The Hall–Kier alpha value is -1.40. The van der Waals surface area contributed by atoms with Gasteiger partial charge in [0.1, 0.15) is 0 Å². The summed E-state index contributed by atoms with van der Waals surface area (Å²) in [5.41, 5.74) is 1.92. The Morgan fingerprint density at radius 2 is 1.89 bits per heavy atom. The fourth-order valence-electron chi connectivity index (χ4n) is 1.69. The van der Waals surface area contributed by atoms with Crippen LogP contribution >= 0.6 is 0 Å². The molecule has 0 fully saturated rings. The van der Waals surface area contributed by atoms with Crippen molar-refractivity contribution in [1.29, 1.82) is 0 Å². The number of nitrogens with zero attached hydrogens (tertiary/aromatic N) is 1. The molecule has 0 spiro atoms. The first kappa shape index (κ1) is 15.7. The molecule has 5 nitrogen and oxygen atoms in total. The van der Waals surface area contributed by atoms with Crippen molar-refractivity contribution in [1.82, 2.24) is 4.31 Å². The van der Waals surface area contributed by atoms with Crippen molar-refractivity contribution < 1.29 is 18.3 Å². The summed E-state index contributed by atoms with van der Waals surface area (Å²) in [6.07, 6.45) is -0.197. The van der Waals surface area contributed by atoms with Crippen LogP contribution in [0.15, 0.2) is 23.1 Å². The van der Waals surface area contributed by atoms with Crippen LogP contribution in [0.1, 0.15) is 24.5 Å². The highest BCUT2D eigenvalue weighted by Crippen LogP contribution is 2.19. The summed E-state index contributed by atoms with van der Waals surface area (Å²) in [5, 5.41) is 8.65. The van der Waals surface area contributed by atoms with Gasteiger partial charge in [0.15, 0.2) is 0 Å². The Morgan fingerprint density at radius 1 is 1.26 bits per heavy atom. The van der Waals surface area contributed by atoms with E-state index in [2.05, 4.69) is 0 Å². The SMILES string of the molecule is CCN(CCC(=O)O)S(=O)(=O)c1ccc(C)c(C)c1. The molecule has 0 saturated carbocycles. The van der Waals surface area contributed by atoms with Crippen LogP contribution in [0.4, 0.5) is 0 Å². The molecular weight excluding hydrogens is 266 g/mol. The maximum Gasteiger partial charge on any atom is 0.304 e. The summed E-state index contributed by atoms with van der Waals surface area (Å²) >= 11 is 0. The number of aryl methyl sites for hydroxylation is 2. The third kappa shape index (κ3) is 3.78. The van der Waals surface area contributed by atoms with Crippen LogP contribution in [0, 0.1) is 13.8 Å². The number of benzene rings is 1. The average Bonchev–Trinajstić information content (AvgIpc) is 2.32. The van der Waals surface area contributed by atoms with Crippen molar-refractivity contribution in [3.8, 4) is 0 Å². The van der Waals surface area contributed by atoms with Crippen LogP contribution < -0.4 is 0 Å². The van der Waals surface area contributed by atoms with Gasteiger partial charge < -0.3 is 5.11 Å². The Balaban J connectivity index is 3.06. The number of carboxylic acid groups (broad SMARTS) is 1. The lowest BCUT2D eigenvalue weighted by molar-refractivity contribution is -0.137. The summed E-state index contributed by atoms with van der Waals surface area (Å²) in [6.45, 7) is 5.69. The quantitative estimate of drug-likeness (QED) is 0.864. The highest BCUT2D eigenvalue weighted by Gasteiger charge is 2.23. The number of rotatable bonds is 6. The van der Waals surface area contributed by atoms with Crippen LogP contribution in [-0.2, 0) is 14.8 Å². The van der Waals surface area contributed by atoms with Gasteiger partial charge in [-0.3, -0.25) is 4.79 Å². The Labute approximate surface area is 113 Å². The van der Waals surface area contributed by atoms with E-state index in [1.807, 2.05) is 13.8 Å². The zero-order valence-electron chi connectivity index (χ0n) is 11.4. The summed E-state index contributed by atoms with van der Waals surface area (Å²) in [4.78, 5) is 10.8. The van der Waals surface area contributed by atoms with Crippen LogP contribution in [-0.4, -0.2) is 36.9 Å². The van der Waals surface area contributed by atoms with E-state index in [-0.39, 0.29) is 24.4 Å². The first-order valence-electron chi connectivity index (χ1n) is 6.08. The first-order valence-corrected chi connectivity index (χ1v) is 7.52. The third-order valence-corrected chi connectivity index (χ3v) is 5.01. The van der Waals surface area contributed by atoms with E-state index in [9.17, 15) is 13.2 Å². The second-order valence-corrected chi connectivity index (χ2v) is 6.32. The molecule has 0 saturated heterocycles. The predicted octanol–water partition coefficient (Wildman–Crippen LogP) is 1.79. The van der Waals surface area contributed by atoms with E-state index in [0.29, 0.717) is 0 Å². The molecule has 0 heterocycles. The third-order valence-electron chi connectivity index (χ3n) is 3.04. The van der Waals surface area contributed by atoms with Gasteiger partial charge in [-0.15, -0.1) is 0 Å². The van der Waals surface area contributed by atoms with Crippen LogP contribution in [0.5, 0.6) is 0 Å². The molecule has 6 heteroatoms.